The molecule has 0 saturated heterocycles. The molecule has 6 heteroatoms. The van der Waals surface area contributed by atoms with Crippen LogP contribution in [0.5, 0.6) is 0 Å². The number of hydrogen-bond acceptors (Lipinski definition) is 5. The summed E-state index contributed by atoms with van der Waals surface area (Å²) in [6.07, 6.45) is 1.85. The number of methoxy groups -OCH3 is 1. The predicted octanol–water partition coefficient (Wildman–Crippen LogP) is 2.45. The van der Waals surface area contributed by atoms with E-state index in [9.17, 15) is 9.90 Å². The van der Waals surface area contributed by atoms with Crippen molar-refractivity contribution in [2.75, 3.05) is 7.11 Å². The van der Waals surface area contributed by atoms with Gasteiger partial charge in [0, 0.05) is 5.92 Å². The number of carbonyl (C=O) groups excluding carboxylic acids is 1. The molecule has 0 unspecified atom stereocenters. The Kier molecular flexibility index (Phi) is 5.27. The predicted molar refractivity (Wildman–Crippen MR) is 81.9 cm³/mol. The highest BCUT2D eigenvalue weighted by Gasteiger charge is 2.21. The maximum Gasteiger partial charge on any atom is 0.337 e. The highest BCUT2D eigenvalue weighted by Crippen LogP contribution is 2.27. The molecule has 2 rings (SSSR count). The van der Waals surface area contributed by atoms with Gasteiger partial charge in [-0.2, -0.15) is 0 Å². The van der Waals surface area contributed by atoms with E-state index in [0.717, 1.165) is 24.2 Å². The topological polar surface area (TPSA) is 77.2 Å². The van der Waals surface area contributed by atoms with Crippen molar-refractivity contribution in [3.63, 3.8) is 0 Å². The van der Waals surface area contributed by atoms with Crippen molar-refractivity contribution in [1.29, 1.82) is 0 Å². The van der Waals surface area contributed by atoms with Gasteiger partial charge in [-0.3, -0.25) is 0 Å². The third-order valence-electron chi connectivity index (χ3n) is 3.81. The molecule has 0 aliphatic carbocycles. The van der Waals surface area contributed by atoms with Gasteiger partial charge in [0.2, 0.25) is 0 Å². The monoisotopic (exact) mass is 303 g/mol. The van der Waals surface area contributed by atoms with Crippen molar-refractivity contribution in [3.8, 4) is 5.69 Å². The summed E-state index contributed by atoms with van der Waals surface area (Å²) in [5, 5.41) is 17.7. The van der Waals surface area contributed by atoms with Crippen LogP contribution in [-0.4, -0.2) is 33.2 Å². The van der Waals surface area contributed by atoms with Gasteiger partial charge in [-0.1, -0.05) is 25.1 Å². The van der Waals surface area contributed by atoms with E-state index in [4.69, 9.17) is 4.74 Å². The summed E-state index contributed by atoms with van der Waals surface area (Å²) in [4.78, 5) is 11.7. The van der Waals surface area contributed by atoms with Gasteiger partial charge in [0.15, 0.2) is 0 Å². The lowest BCUT2D eigenvalue weighted by molar-refractivity contribution is 0.0600. The molecule has 1 heterocycles. The Morgan fingerprint density at radius 3 is 2.68 bits per heavy atom. The van der Waals surface area contributed by atoms with Crippen LogP contribution in [0.1, 0.15) is 54.4 Å². The molecular formula is C16H21N3O3. The quantitative estimate of drug-likeness (QED) is 0.829. The number of benzene rings is 1. The number of carbonyl (C=O) groups is 1. The second kappa shape index (κ2) is 7.17. The third-order valence-corrected chi connectivity index (χ3v) is 3.81. The fourth-order valence-corrected chi connectivity index (χ4v) is 2.59. The summed E-state index contributed by atoms with van der Waals surface area (Å²) in [6.45, 7) is 4.04. The van der Waals surface area contributed by atoms with Gasteiger partial charge in [0.05, 0.1) is 30.7 Å². The van der Waals surface area contributed by atoms with Crippen LogP contribution in [0.15, 0.2) is 24.3 Å². The smallest absolute Gasteiger partial charge is 0.337 e. The van der Waals surface area contributed by atoms with E-state index in [1.54, 1.807) is 22.9 Å². The van der Waals surface area contributed by atoms with Crippen LogP contribution in [-0.2, 0) is 11.3 Å². The Bertz CT molecular complexity index is 648. The summed E-state index contributed by atoms with van der Waals surface area (Å²) >= 11 is 0. The average molecular weight is 303 g/mol. The highest BCUT2D eigenvalue weighted by atomic mass is 16.5. The maximum absolute atomic E-state index is 11.7. The molecule has 0 amide bonds. The lowest BCUT2D eigenvalue weighted by Crippen LogP contribution is -2.10. The number of aromatic nitrogens is 3. The Balaban J connectivity index is 2.53. The largest absolute Gasteiger partial charge is 0.465 e. The van der Waals surface area contributed by atoms with Crippen LogP contribution in [0.2, 0.25) is 0 Å². The van der Waals surface area contributed by atoms with E-state index in [1.165, 1.54) is 7.11 Å². The Morgan fingerprint density at radius 2 is 2.09 bits per heavy atom. The van der Waals surface area contributed by atoms with Gasteiger partial charge >= 0.3 is 5.97 Å². The Morgan fingerprint density at radius 1 is 1.36 bits per heavy atom. The molecule has 0 spiro atoms. The number of aliphatic hydroxyl groups is 1. The second-order valence-corrected chi connectivity index (χ2v) is 5.05. The molecule has 0 saturated carbocycles. The number of hydrogen-bond donors (Lipinski definition) is 1. The highest BCUT2D eigenvalue weighted by molar-refractivity contribution is 5.89. The first-order valence-corrected chi connectivity index (χ1v) is 7.40. The standard InChI is InChI=1S/C16H21N3O3/c1-4-11(5-2)15-14(10-20)17-18-19(15)13-8-6-7-12(9-13)16(21)22-3/h6-9,11,20H,4-5,10H2,1-3H3. The van der Waals surface area contributed by atoms with Gasteiger partial charge < -0.3 is 9.84 Å². The van der Waals surface area contributed by atoms with Crippen molar-refractivity contribution < 1.29 is 14.6 Å². The summed E-state index contributed by atoms with van der Waals surface area (Å²) in [5.41, 5.74) is 2.67. The van der Waals surface area contributed by atoms with Gasteiger partial charge in [-0.15, -0.1) is 5.10 Å². The van der Waals surface area contributed by atoms with Crippen molar-refractivity contribution in [3.05, 3.63) is 41.2 Å². The SMILES string of the molecule is CCC(CC)c1c(CO)nnn1-c1cccc(C(=O)OC)c1. The number of rotatable bonds is 6. The maximum atomic E-state index is 11.7. The van der Waals surface area contributed by atoms with E-state index in [0.29, 0.717) is 11.3 Å². The molecule has 2 aromatic rings. The molecule has 0 bridgehead atoms. The number of ether oxygens (including phenoxy) is 1. The molecule has 1 aromatic carbocycles. The minimum Gasteiger partial charge on any atom is -0.465 e. The van der Waals surface area contributed by atoms with Gasteiger partial charge in [0.25, 0.3) is 0 Å². The summed E-state index contributed by atoms with van der Waals surface area (Å²) in [6, 6.07) is 7.04. The molecular weight excluding hydrogens is 282 g/mol. The molecule has 6 nitrogen and oxygen atoms in total. The molecule has 1 aromatic heterocycles. The van der Waals surface area contributed by atoms with Crippen LogP contribution >= 0.6 is 0 Å². The molecule has 0 atom stereocenters. The van der Waals surface area contributed by atoms with Crippen LogP contribution < -0.4 is 0 Å². The molecule has 22 heavy (non-hydrogen) atoms. The van der Waals surface area contributed by atoms with E-state index in [2.05, 4.69) is 24.2 Å². The molecule has 0 radical (unpaired) electrons. The summed E-state index contributed by atoms with van der Waals surface area (Å²) in [5.74, 6) is -0.146. The van der Waals surface area contributed by atoms with Crippen molar-refractivity contribution in [1.82, 2.24) is 15.0 Å². The van der Waals surface area contributed by atoms with Gasteiger partial charge in [0.1, 0.15) is 5.69 Å². The van der Waals surface area contributed by atoms with E-state index in [1.807, 2.05) is 6.07 Å². The zero-order valence-electron chi connectivity index (χ0n) is 13.1. The fourth-order valence-electron chi connectivity index (χ4n) is 2.59. The number of aliphatic hydroxyl groups excluding tert-OH is 1. The van der Waals surface area contributed by atoms with E-state index < -0.39 is 5.97 Å². The number of esters is 1. The fraction of sp³-hybridized carbons (Fsp3) is 0.438. The van der Waals surface area contributed by atoms with E-state index >= 15 is 0 Å². The molecule has 118 valence electrons. The summed E-state index contributed by atoms with van der Waals surface area (Å²) in [7, 11) is 1.35. The van der Waals surface area contributed by atoms with Crippen molar-refractivity contribution in [2.24, 2.45) is 0 Å². The van der Waals surface area contributed by atoms with Crippen LogP contribution in [0.3, 0.4) is 0 Å². The molecule has 0 fully saturated rings. The summed E-state index contributed by atoms with van der Waals surface area (Å²) < 4.78 is 6.45. The van der Waals surface area contributed by atoms with Gasteiger partial charge in [-0.05, 0) is 31.0 Å². The zero-order chi connectivity index (χ0) is 16.1. The van der Waals surface area contributed by atoms with Crippen molar-refractivity contribution >= 4 is 5.97 Å². The minimum atomic E-state index is -0.395. The van der Waals surface area contributed by atoms with Crippen LogP contribution in [0.25, 0.3) is 5.69 Å². The third kappa shape index (κ3) is 3.01. The first-order valence-electron chi connectivity index (χ1n) is 7.40. The second-order valence-electron chi connectivity index (χ2n) is 5.05. The lowest BCUT2D eigenvalue weighted by Gasteiger charge is -2.16. The molecule has 0 aliphatic rings. The molecule has 1 N–H and O–H groups in total. The van der Waals surface area contributed by atoms with E-state index in [-0.39, 0.29) is 12.5 Å². The zero-order valence-corrected chi connectivity index (χ0v) is 13.1. The first-order chi connectivity index (χ1) is 10.7. The molecule has 0 aliphatic heterocycles. The normalized spacial score (nSPS) is 11.0. The van der Waals surface area contributed by atoms with Crippen LogP contribution in [0, 0.1) is 0 Å². The van der Waals surface area contributed by atoms with Crippen LogP contribution in [0.4, 0.5) is 0 Å². The first kappa shape index (κ1) is 16.2. The van der Waals surface area contributed by atoms with Gasteiger partial charge in [-0.25, -0.2) is 9.48 Å². The van der Waals surface area contributed by atoms with Crippen molar-refractivity contribution in [2.45, 2.75) is 39.2 Å². The number of nitrogens with zero attached hydrogens (tertiary/aromatic N) is 3. The average Bonchev–Trinajstić information content (AvgIpc) is 2.99. The minimum absolute atomic E-state index is 0.150. The Hall–Kier alpha value is -2.21. The lowest BCUT2D eigenvalue weighted by atomic mass is 9.97. The Labute approximate surface area is 129 Å².